The Morgan fingerprint density at radius 1 is 0.700 bits per heavy atom. The largest absolute Gasteiger partial charge is 0.314 e. The number of nitrogens with one attached hydrogen (secondary N) is 3. The summed E-state index contributed by atoms with van der Waals surface area (Å²) in [5.74, 6) is 0.874. The molecule has 0 aromatic carbocycles. The molecule has 3 N–H and O–H groups in total. The molecule has 0 atom stereocenters. The van der Waals surface area contributed by atoms with Crippen molar-refractivity contribution in [1.82, 2.24) is 20.9 Å². The standard InChI is InChI=1S/C16H32N4/c1-2-4-7-15(8-5-3-1)16(18-9-6-10-19-16)20-13-11-17-12-14-20/h15,17-19H,1-14H2. The Morgan fingerprint density at radius 2 is 1.30 bits per heavy atom. The lowest BCUT2D eigenvalue weighted by molar-refractivity contribution is -0.0557. The van der Waals surface area contributed by atoms with Crippen molar-refractivity contribution in [1.29, 1.82) is 0 Å². The summed E-state index contributed by atoms with van der Waals surface area (Å²) < 4.78 is 0. The van der Waals surface area contributed by atoms with Gasteiger partial charge in [-0.25, -0.2) is 0 Å². The lowest BCUT2D eigenvalue weighted by atomic mass is 9.83. The van der Waals surface area contributed by atoms with Crippen LogP contribution < -0.4 is 16.0 Å². The van der Waals surface area contributed by atoms with Crippen LogP contribution in [0.15, 0.2) is 0 Å². The summed E-state index contributed by atoms with van der Waals surface area (Å²) in [6.07, 6.45) is 11.2. The Morgan fingerprint density at radius 3 is 1.95 bits per heavy atom. The molecular formula is C16H32N4. The van der Waals surface area contributed by atoms with Crippen molar-refractivity contribution >= 4 is 0 Å². The van der Waals surface area contributed by atoms with Crippen molar-refractivity contribution in [2.24, 2.45) is 5.92 Å². The van der Waals surface area contributed by atoms with E-state index in [2.05, 4.69) is 20.9 Å². The molecule has 20 heavy (non-hydrogen) atoms. The molecule has 3 fully saturated rings. The van der Waals surface area contributed by atoms with Gasteiger partial charge in [0.05, 0.1) is 0 Å². The molecule has 1 saturated carbocycles. The average Bonchev–Trinajstić information content (AvgIpc) is 2.48. The van der Waals surface area contributed by atoms with E-state index in [1.807, 2.05) is 0 Å². The van der Waals surface area contributed by atoms with Gasteiger partial charge in [-0.05, 0) is 32.4 Å². The van der Waals surface area contributed by atoms with Gasteiger partial charge < -0.3 is 5.32 Å². The smallest absolute Gasteiger partial charge is 0.129 e. The van der Waals surface area contributed by atoms with Gasteiger partial charge in [0.1, 0.15) is 5.79 Å². The summed E-state index contributed by atoms with van der Waals surface area (Å²) in [7, 11) is 0. The SMILES string of the molecule is C1CCCC(C2(N3CCNCC3)NCCCN2)CCC1. The quantitative estimate of drug-likeness (QED) is 0.717. The Balaban J connectivity index is 1.75. The fourth-order valence-electron chi connectivity index (χ4n) is 4.37. The minimum atomic E-state index is 0.0949. The molecule has 0 aromatic heterocycles. The highest BCUT2D eigenvalue weighted by atomic mass is 15.5. The lowest BCUT2D eigenvalue weighted by Gasteiger charge is -2.53. The maximum absolute atomic E-state index is 3.91. The predicted molar refractivity (Wildman–Crippen MR) is 83.6 cm³/mol. The first-order chi connectivity index (χ1) is 9.92. The van der Waals surface area contributed by atoms with Gasteiger partial charge in [-0.1, -0.05) is 32.1 Å². The third kappa shape index (κ3) is 3.19. The summed E-state index contributed by atoms with van der Waals surface area (Å²) in [5.41, 5.74) is 0. The maximum atomic E-state index is 3.91. The molecule has 2 heterocycles. The van der Waals surface area contributed by atoms with Crippen LogP contribution in [0.5, 0.6) is 0 Å². The summed E-state index contributed by atoms with van der Waals surface area (Å²) >= 11 is 0. The molecule has 4 heteroatoms. The lowest BCUT2D eigenvalue weighted by Crippen LogP contribution is -2.76. The van der Waals surface area contributed by atoms with Crippen LogP contribution in [0, 0.1) is 5.92 Å². The Hall–Kier alpha value is -0.160. The highest BCUT2D eigenvalue weighted by Gasteiger charge is 2.44. The van der Waals surface area contributed by atoms with E-state index >= 15 is 0 Å². The molecule has 3 rings (SSSR count). The number of rotatable bonds is 2. The molecule has 0 amide bonds. The van der Waals surface area contributed by atoms with Crippen LogP contribution in [0.25, 0.3) is 0 Å². The maximum Gasteiger partial charge on any atom is 0.129 e. The fraction of sp³-hybridized carbons (Fsp3) is 1.00. The van der Waals surface area contributed by atoms with Crippen molar-refractivity contribution in [2.75, 3.05) is 39.3 Å². The van der Waals surface area contributed by atoms with Crippen LogP contribution in [0.1, 0.15) is 51.4 Å². The third-order valence-electron chi connectivity index (χ3n) is 5.45. The molecule has 3 aliphatic rings. The monoisotopic (exact) mass is 280 g/mol. The van der Waals surface area contributed by atoms with Gasteiger partial charge in [0.25, 0.3) is 0 Å². The zero-order valence-corrected chi connectivity index (χ0v) is 12.9. The van der Waals surface area contributed by atoms with E-state index < -0.39 is 0 Å². The molecule has 116 valence electrons. The normalized spacial score (nSPS) is 30.6. The Labute approximate surface area is 124 Å². The molecule has 0 unspecified atom stereocenters. The van der Waals surface area contributed by atoms with E-state index in [9.17, 15) is 0 Å². The first-order valence-electron chi connectivity index (χ1n) is 8.88. The fourth-order valence-corrected chi connectivity index (χ4v) is 4.37. The zero-order valence-electron chi connectivity index (χ0n) is 12.9. The van der Waals surface area contributed by atoms with Crippen molar-refractivity contribution in [3.05, 3.63) is 0 Å². The second-order valence-electron chi connectivity index (χ2n) is 6.75. The summed E-state index contributed by atoms with van der Waals surface area (Å²) in [6, 6.07) is 0. The number of nitrogens with zero attached hydrogens (tertiary/aromatic N) is 1. The highest BCUT2D eigenvalue weighted by Crippen LogP contribution is 2.33. The molecule has 0 spiro atoms. The molecule has 0 radical (unpaired) electrons. The van der Waals surface area contributed by atoms with Gasteiger partial charge in [0.15, 0.2) is 0 Å². The number of piperazine rings is 1. The summed E-state index contributed by atoms with van der Waals surface area (Å²) in [4.78, 5) is 2.70. The van der Waals surface area contributed by atoms with Crippen molar-refractivity contribution < 1.29 is 0 Å². The van der Waals surface area contributed by atoms with Crippen LogP contribution in [0.2, 0.25) is 0 Å². The Bertz CT molecular complexity index is 274. The van der Waals surface area contributed by atoms with Crippen LogP contribution in [0.3, 0.4) is 0 Å². The highest BCUT2D eigenvalue weighted by molar-refractivity contribution is 4.96. The van der Waals surface area contributed by atoms with Crippen LogP contribution in [0.4, 0.5) is 0 Å². The molecule has 1 aliphatic carbocycles. The van der Waals surface area contributed by atoms with E-state index in [-0.39, 0.29) is 5.79 Å². The molecule has 0 aromatic rings. The predicted octanol–water partition coefficient (Wildman–Crippen LogP) is 1.49. The van der Waals surface area contributed by atoms with Gasteiger partial charge >= 0.3 is 0 Å². The second-order valence-corrected chi connectivity index (χ2v) is 6.75. The molecule has 0 bridgehead atoms. The van der Waals surface area contributed by atoms with E-state index in [4.69, 9.17) is 0 Å². The third-order valence-corrected chi connectivity index (χ3v) is 5.45. The van der Waals surface area contributed by atoms with E-state index in [1.165, 1.54) is 77.5 Å². The molecular weight excluding hydrogens is 248 g/mol. The zero-order chi connectivity index (χ0) is 13.7. The van der Waals surface area contributed by atoms with Gasteiger partial charge in [-0.2, -0.15) is 0 Å². The van der Waals surface area contributed by atoms with Crippen LogP contribution in [-0.4, -0.2) is 50.0 Å². The minimum Gasteiger partial charge on any atom is -0.314 e. The number of hydrogen-bond donors (Lipinski definition) is 3. The summed E-state index contributed by atoms with van der Waals surface area (Å²) in [5, 5.41) is 11.3. The van der Waals surface area contributed by atoms with Crippen molar-refractivity contribution in [3.63, 3.8) is 0 Å². The second kappa shape index (κ2) is 7.21. The van der Waals surface area contributed by atoms with Crippen molar-refractivity contribution in [2.45, 2.75) is 57.2 Å². The van der Waals surface area contributed by atoms with Gasteiger partial charge in [0.2, 0.25) is 0 Å². The first kappa shape index (κ1) is 14.8. The Kier molecular flexibility index (Phi) is 5.32. The summed E-state index contributed by atoms with van der Waals surface area (Å²) in [6.45, 7) is 6.98. The van der Waals surface area contributed by atoms with Gasteiger partial charge in [0, 0.05) is 32.1 Å². The number of hydrogen-bond acceptors (Lipinski definition) is 4. The molecule has 2 saturated heterocycles. The van der Waals surface area contributed by atoms with Crippen LogP contribution in [-0.2, 0) is 0 Å². The van der Waals surface area contributed by atoms with E-state index in [1.54, 1.807) is 0 Å². The molecule has 4 nitrogen and oxygen atoms in total. The van der Waals surface area contributed by atoms with Crippen molar-refractivity contribution in [3.8, 4) is 0 Å². The van der Waals surface area contributed by atoms with Gasteiger partial charge in [-0.15, -0.1) is 0 Å². The first-order valence-corrected chi connectivity index (χ1v) is 8.88. The van der Waals surface area contributed by atoms with E-state index in [0.717, 1.165) is 19.0 Å². The topological polar surface area (TPSA) is 39.3 Å². The van der Waals surface area contributed by atoms with Crippen LogP contribution >= 0.6 is 0 Å². The van der Waals surface area contributed by atoms with Gasteiger partial charge in [-0.3, -0.25) is 15.5 Å². The molecule has 2 aliphatic heterocycles. The van der Waals surface area contributed by atoms with E-state index in [0.29, 0.717) is 0 Å². The average molecular weight is 280 g/mol. The minimum absolute atomic E-state index is 0.0949.